The molecule has 1 aliphatic rings. The molecule has 1 aromatic carbocycles. The molecule has 1 saturated carbocycles. The molecule has 32 heavy (non-hydrogen) atoms. The van der Waals surface area contributed by atoms with Gasteiger partial charge in [-0.15, -0.1) is 0 Å². The molecule has 2 rings (SSSR count). The fourth-order valence-corrected chi connectivity index (χ4v) is 5.97. The van der Waals surface area contributed by atoms with Gasteiger partial charge in [0.2, 0.25) is 0 Å². The third-order valence-corrected chi connectivity index (χ3v) is 7.71. The van der Waals surface area contributed by atoms with E-state index in [1.54, 1.807) is 0 Å². The topological polar surface area (TPSA) is 127 Å². The second kappa shape index (κ2) is 9.65. The SMILES string of the molecule is CN(C(=O)ON(C(=O)OC(C)(C)C)S(=O)(=O)c1ccccc1S(C)(=O)=O)C1CCCCC1. The largest absolute Gasteiger partial charge is 0.459 e. The van der Waals surface area contributed by atoms with Crippen molar-refractivity contribution in [1.82, 2.24) is 9.37 Å². The highest BCUT2D eigenvalue weighted by Gasteiger charge is 2.40. The summed E-state index contributed by atoms with van der Waals surface area (Å²) in [6.45, 7) is 4.53. The summed E-state index contributed by atoms with van der Waals surface area (Å²) in [5, 5.41) is 0. The van der Waals surface area contributed by atoms with Gasteiger partial charge in [0.1, 0.15) is 10.5 Å². The van der Waals surface area contributed by atoms with Crippen LogP contribution in [0, 0.1) is 0 Å². The van der Waals surface area contributed by atoms with Gasteiger partial charge in [-0.05, 0) is 50.2 Å². The van der Waals surface area contributed by atoms with Gasteiger partial charge in [0.15, 0.2) is 9.84 Å². The van der Waals surface area contributed by atoms with Crippen LogP contribution in [0.5, 0.6) is 0 Å². The molecule has 12 heteroatoms. The molecule has 0 radical (unpaired) electrons. The van der Waals surface area contributed by atoms with Gasteiger partial charge in [-0.3, -0.25) is 4.84 Å². The van der Waals surface area contributed by atoms with Crippen molar-refractivity contribution in [3.63, 3.8) is 0 Å². The van der Waals surface area contributed by atoms with Crippen LogP contribution in [0.1, 0.15) is 52.9 Å². The molecule has 0 unspecified atom stereocenters. The number of sulfone groups is 1. The average molecular weight is 491 g/mol. The van der Waals surface area contributed by atoms with Crippen molar-refractivity contribution in [3.8, 4) is 0 Å². The number of hydrogen-bond donors (Lipinski definition) is 0. The van der Waals surface area contributed by atoms with Gasteiger partial charge in [0.25, 0.3) is 0 Å². The summed E-state index contributed by atoms with van der Waals surface area (Å²) in [7, 11) is -7.46. The van der Waals surface area contributed by atoms with Gasteiger partial charge < -0.3 is 9.64 Å². The number of carbonyl (C=O) groups excluding carboxylic acids is 2. The number of benzene rings is 1. The number of carbonyl (C=O) groups is 2. The number of hydroxylamine groups is 1. The lowest BCUT2D eigenvalue weighted by Gasteiger charge is -2.32. The van der Waals surface area contributed by atoms with Crippen molar-refractivity contribution >= 4 is 32.0 Å². The Balaban J connectivity index is 2.47. The Kier molecular flexibility index (Phi) is 7.82. The van der Waals surface area contributed by atoms with E-state index in [-0.39, 0.29) is 10.5 Å². The lowest BCUT2D eigenvalue weighted by Crippen LogP contribution is -2.47. The number of amides is 2. The highest BCUT2D eigenvalue weighted by atomic mass is 32.2. The highest BCUT2D eigenvalue weighted by molar-refractivity contribution is 7.93. The van der Waals surface area contributed by atoms with E-state index in [1.165, 1.54) is 44.9 Å². The normalized spacial score (nSPS) is 15.7. The van der Waals surface area contributed by atoms with Crippen molar-refractivity contribution in [1.29, 1.82) is 0 Å². The van der Waals surface area contributed by atoms with Crippen LogP contribution in [-0.2, 0) is 29.4 Å². The second-order valence-electron chi connectivity index (χ2n) is 8.69. The van der Waals surface area contributed by atoms with Crippen molar-refractivity contribution in [2.45, 2.75) is 74.3 Å². The minimum Gasteiger partial charge on any atom is -0.441 e. The summed E-state index contributed by atoms with van der Waals surface area (Å²) in [6.07, 6.45) is 2.62. The van der Waals surface area contributed by atoms with Crippen molar-refractivity contribution in [2.24, 2.45) is 0 Å². The molecule has 1 aliphatic carbocycles. The second-order valence-corrected chi connectivity index (χ2v) is 12.4. The maximum Gasteiger partial charge on any atom is 0.459 e. The van der Waals surface area contributed by atoms with Gasteiger partial charge in [-0.25, -0.2) is 18.0 Å². The molecule has 0 saturated heterocycles. The zero-order chi connectivity index (χ0) is 24.3. The smallest absolute Gasteiger partial charge is 0.441 e. The number of sulfonamides is 1. The number of nitrogens with zero attached hydrogens (tertiary/aromatic N) is 2. The minimum atomic E-state index is -4.94. The van der Waals surface area contributed by atoms with E-state index in [0.717, 1.165) is 50.5 Å². The maximum atomic E-state index is 13.3. The van der Waals surface area contributed by atoms with Crippen LogP contribution >= 0.6 is 0 Å². The van der Waals surface area contributed by atoms with E-state index >= 15 is 0 Å². The highest BCUT2D eigenvalue weighted by Crippen LogP contribution is 2.27. The molecule has 0 heterocycles. The van der Waals surface area contributed by atoms with Crippen LogP contribution < -0.4 is 0 Å². The van der Waals surface area contributed by atoms with Crippen molar-refractivity contribution in [2.75, 3.05) is 13.3 Å². The zero-order valence-corrected chi connectivity index (χ0v) is 20.5. The molecular formula is C20H30N2O8S2. The Morgan fingerprint density at radius 3 is 1.97 bits per heavy atom. The Hall–Kier alpha value is -2.34. The lowest BCUT2D eigenvalue weighted by molar-refractivity contribution is -0.0596. The Morgan fingerprint density at radius 2 is 1.47 bits per heavy atom. The molecule has 2 amide bonds. The van der Waals surface area contributed by atoms with E-state index in [2.05, 4.69) is 0 Å². The number of rotatable bonds is 4. The molecule has 0 atom stereocenters. The molecule has 180 valence electrons. The Labute approximate surface area is 189 Å². The Bertz CT molecular complexity index is 1060. The van der Waals surface area contributed by atoms with E-state index in [9.17, 15) is 26.4 Å². The van der Waals surface area contributed by atoms with Gasteiger partial charge in [0, 0.05) is 19.3 Å². The number of hydrogen-bond acceptors (Lipinski definition) is 8. The van der Waals surface area contributed by atoms with Crippen LogP contribution in [-0.4, -0.2) is 63.3 Å². The fourth-order valence-electron chi connectivity index (χ4n) is 3.30. The molecule has 0 bridgehead atoms. The summed E-state index contributed by atoms with van der Waals surface area (Å²) in [4.78, 5) is 30.5. The van der Waals surface area contributed by atoms with Gasteiger partial charge in [-0.2, -0.15) is 8.42 Å². The maximum absolute atomic E-state index is 13.3. The average Bonchev–Trinajstić information content (AvgIpc) is 2.69. The lowest BCUT2D eigenvalue weighted by atomic mass is 9.95. The van der Waals surface area contributed by atoms with Crippen LogP contribution in [0.3, 0.4) is 0 Å². The molecule has 0 aromatic heterocycles. The molecule has 10 nitrogen and oxygen atoms in total. The third-order valence-electron chi connectivity index (χ3n) is 4.86. The summed E-state index contributed by atoms with van der Waals surface area (Å²) in [6, 6.07) is 4.58. The van der Waals surface area contributed by atoms with Crippen LogP contribution in [0.2, 0.25) is 0 Å². The summed E-state index contributed by atoms with van der Waals surface area (Å²) >= 11 is 0. The van der Waals surface area contributed by atoms with Gasteiger partial charge in [-0.1, -0.05) is 31.4 Å². The molecule has 0 aliphatic heterocycles. The van der Waals surface area contributed by atoms with E-state index < -0.39 is 47.4 Å². The van der Waals surface area contributed by atoms with Crippen LogP contribution in [0.15, 0.2) is 34.1 Å². The zero-order valence-electron chi connectivity index (χ0n) is 18.9. The van der Waals surface area contributed by atoms with Crippen molar-refractivity contribution < 1.29 is 36.0 Å². The van der Waals surface area contributed by atoms with Gasteiger partial charge in [0.05, 0.1) is 4.90 Å². The summed E-state index contributed by atoms with van der Waals surface area (Å²) in [5.74, 6) is 0. The van der Waals surface area contributed by atoms with E-state index in [0.29, 0.717) is 0 Å². The Morgan fingerprint density at radius 1 is 0.938 bits per heavy atom. The standard InChI is InChI=1S/C20H30N2O8S2/c1-20(2,3)29-19(24)22(30-18(23)21(4)15-11-7-6-8-12-15)32(27,28)17-14-10-9-13-16(17)31(5,25)26/h9-10,13-15H,6-8,11-12H2,1-5H3. The fraction of sp³-hybridized carbons (Fsp3) is 0.600. The molecular weight excluding hydrogens is 460 g/mol. The molecule has 1 aromatic rings. The quantitative estimate of drug-likeness (QED) is 0.588. The predicted molar refractivity (Wildman–Crippen MR) is 116 cm³/mol. The van der Waals surface area contributed by atoms with E-state index in [1.807, 2.05) is 0 Å². The molecule has 1 fully saturated rings. The molecule has 0 spiro atoms. The minimum absolute atomic E-state index is 0.164. The molecule has 0 N–H and O–H groups in total. The van der Waals surface area contributed by atoms with Crippen LogP contribution in [0.4, 0.5) is 9.59 Å². The first-order valence-electron chi connectivity index (χ1n) is 10.2. The predicted octanol–water partition coefficient (Wildman–Crippen LogP) is 3.33. The van der Waals surface area contributed by atoms with Crippen molar-refractivity contribution in [3.05, 3.63) is 24.3 Å². The third kappa shape index (κ3) is 6.35. The monoisotopic (exact) mass is 490 g/mol. The first-order valence-corrected chi connectivity index (χ1v) is 13.5. The first-order chi connectivity index (χ1) is 14.6. The summed E-state index contributed by atoms with van der Waals surface area (Å²) < 4.78 is 55.9. The van der Waals surface area contributed by atoms with Crippen LogP contribution in [0.25, 0.3) is 0 Å². The first kappa shape index (κ1) is 25.9. The number of ether oxygens (including phenoxy) is 1. The van der Waals surface area contributed by atoms with Gasteiger partial charge >= 0.3 is 22.2 Å². The summed E-state index contributed by atoms with van der Waals surface area (Å²) in [5.41, 5.74) is -1.11. The van der Waals surface area contributed by atoms with E-state index in [4.69, 9.17) is 9.57 Å².